The van der Waals surface area contributed by atoms with Crippen LogP contribution in [0.3, 0.4) is 0 Å². The molecule has 0 aromatic heterocycles. The highest BCUT2D eigenvalue weighted by Crippen LogP contribution is 2.33. The van der Waals surface area contributed by atoms with Crippen LogP contribution in [-0.4, -0.2) is 32.2 Å². The zero-order valence-electron chi connectivity index (χ0n) is 21.3. The fourth-order valence-electron chi connectivity index (χ4n) is 4.72. The molecule has 0 N–H and O–H groups in total. The summed E-state index contributed by atoms with van der Waals surface area (Å²) in [7, 11) is 3.44. The van der Waals surface area contributed by atoms with Crippen LogP contribution in [0.1, 0.15) is 108 Å². The second kappa shape index (κ2) is 17.1. The molecule has 0 bridgehead atoms. The summed E-state index contributed by atoms with van der Waals surface area (Å²) in [6.45, 7) is 5.71. The third kappa shape index (κ3) is 10.4. The number of hydrogen-bond donors (Lipinski definition) is 0. The van der Waals surface area contributed by atoms with Crippen LogP contribution in [0.2, 0.25) is 0 Å². The van der Waals surface area contributed by atoms with Crippen molar-refractivity contribution in [2.24, 2.45) is 0 Å². The van der Waals surface area contributed by atoms with E-state index in [0.717, 1.165) is 31.0 Å². The molecule has 0 saturated heterocycles. The summed E-state index contributed by atoms with van der Waals surface area (Å²) in [5, 5.41) is 0. The molecule has 0 saturated carbocycles. The van der Waals surface area contributed by atoms with Gasteiger partial charge in [0.25, 0.3) is 0 Å². The van der Waals surface area contributed by atoms with E-state index < -0.39 is 0 Å². The van der Waals surface area contributed by atoms with E-state index in [0.29, 0.717) is 0 Å². The Morgan fingerprint density at radius 1 is 0.719 bits per heavy atom. The van der Waals surface area contributed by atoms with Crippen LogP contribution in [0.5, 0.6) is 11.5 Å². The average molecular weight is 444 g/mol. The van der Waals surface area contributed by atoms with Gasteiger partial charge in [-0.3, -0.25) is 4.90 Å². The Hall–Kier alpha value is -1.48. The second-order valence-corrected chi connectivity index (χ2v) is 9.44. The topological polar surface area (TPSA) is 21.7 Å². The van der Waals surface area contributed by atoms with E-state index in [2.05, 4.69) is 36.1 Å². The van der Waals surface area contributed by atoms with E-state index in [4.69, 9.17) is 9.47 Å². The van der Waals surface area contributed by atoms with Crippen LogP contribution < -0.4 is 9.47 Å². The van der Waals surface area contributed by atoms with Crippen molar-refractivity contribution in [3.63, 3.8) is 0 Å². The molecule has 3 nitrogen and oxygen atoms in total. The first-order chi connectivity index (χ1) is 15.8. The van der Waals surface area contributed by atoms with Gasteiger partial charge in [-0.1, -0.05) is 76.9 Å². The van der Waals surface area contributed by atoms with Gasteiger partial charge in [0.1, 0.15) is 0 Å². The van der Waals surface area contributed by atoms with Crippen molar-refractivity contribution in [1.29, 1.82) is 0 Å². The van der Waals surface area contributed by atoms with E-state index in [9.17, 15) is 0 Å². The minimum Gasteiger partial charge on any atom is -0.493 e. The van der Waals surface area contributed by atoms with Crippen LogP contribution >= 0.6 is 0 Å². The van der Waals surface area contributed by atoms with Gasteiger partial charge in [0.2, 0.25) is 0 Å². The van der Waals surface area contributed by atoms with E-state index in [1.807, 2.05) is 0 Å². The van der Waals surface area contributed by atoms with Gasteiger partial charge in [-0.15, -0.1) is 0 Å². The molecule has 1 aromatic carbocycles. The van der Waals surface area contributed by atoms with Crippen LogP contribution in [0.25, 0.3) is 0 Å². The maximum atomic E-state index is 5.48. The van der Waals surface area contributed by atoms with Gasteiger partial charge in [-0.25, -0.2) is 0 Å². The zero-order chi connectivity index (χ0) is 22.9. The van der Waals surface area contributed by atoms with Crippen molar-refractivity contribution in [3.8, 4) is 11.5 Å². The van der Waals surface area contributed by atoms with Crippen molar-refractivity contribution in [2.75, 3.05) is 27.3 Å². The fraction of sp³-hybridized carbons (Fsp3) is 0.724. The average Bonchev–Trinajstić information content (AvgIpc) is 2.82. The van der Waals surface area contributed by atoms with Gasteiger partial charge in [0.05, 0.1) is 14.2 Å². The van der Waals surface area contributed by atoms with Crippen LogP contribution in [0.15, 0.2) is 24.3 Å². The molecule has 1 aliphatic rings. The van der Waals surface area contributed by atoms with Crippen molar-refractivity contribution in [3.05, 3.63) is 35.4 Å². The van der Waals surface area contributed by atoms with Gasteiger partial charge in [-0.2, -0.15) is 0 Å². The smallest absolute Gasteiger partial charge is 0.161 e. The third-order valence-electron chi connectivity index (χ3n) is 6.78. The van der Waals surface area contributed by atoms with E-state index in [1.54, 1.807) is 14.2 Å². The first-order valence-electron chi connectivity index (χ1n) is 13.4. The lowest BCUT2D eigenvalue weighted by Crippen LogP contribution is -2.31. The Morgan fingerprint density at radius 2 is 1.25 bits per heavy atom. The highest BCUT2D eigenvalue weighted by atomic mass is 16.5. The molecular formula is C29H49NO2. The molecule has 0 radical (unpaired) electrons. The first-order valence-corrected chi connectivity index (χ1v) is 13.4. The van der Waals surface area contributed by atoms with Crippen LogP contribution in [0, 0.1) is 0 Å². The summed E-state index contributed by atoms with van der Waals surface area (Å²) >= 11 is 0. The van der Waals surface area contributed by atoms with E-state index in [-0.39, 0.29) is 0 Å². The van der Waals surface area contributed by atoms with Gasteiger partial charge >= 0.3 is 0 Å². The molecule has 1 aliphatic heterocycles. The molecule has 1 aromatic rings. The number of benzene rings is 1. The number of fused-ring (bicyclic) bond motifs is 1. The predicted molar refractivity (Wildman–Crippen MR) is 138 cm³/mol. The summed E-state index contributed by atoms with van der Waals surface area (Å²) in [6, 6.07) is 4.33. The standard InChI is InChI=1S/C29H49NO2/c1-4-5-6-7-8-9-10-11-12-13-14-15-16-17-18-19-21-30-22-20-26-23-28(31-2)29(32-3)24-27(26)25-30/h11-12,23-24H,4-10,13-22,25H2,1-3H3/b12-11-. The normalized spacial score (nSPS) is 14.1. The maximum absolute atomic E-state index is 5.48. The number of unbranched alkanes of at least 4 members (excludes halogenated alkanes) is 12. The Bertz CT molecular complexity index is 640. The molecule has 32 heavy (non-hydrogen) atoms. The lowest BCUT2D eigenvalue weighted by Gasteiger charge is -2.29. The Morgan fingerprint density at radius 3 is 1.84 bits per heavy atom. The number of ether oxygens (including phenoxy) is 2. The molecule has 2 rings (SSSR count). The molecular weight excluding hydrogens is 394 g/mol. The SMILES string of the molecule is CCCCCCCC/C=C\CCCCCCCCN1CCc2cc(OC)c(OC)cc2C1. The number of hydrogen-bond acceptors (Lipinski definition) is 3. The Kier molecular flexibility index (Phi) is 14.3. The van der Waals surface area contributed by atoms with E-state index in [1.165, 1.54) is 108 Å². The lowest BCUT2D eigenvalue weighted by molar-refractivity contribution is 0.246. The molecule has 0 aliphatic carbocycles. The quantitative estimate of drug-likeness (QED) is 0.169. The summed E-state index contributed by atoms with van der Waals surface area (Å²) in [6.07, 6.45) is 25.1. The largest absolute Gasteiger partial charge is 0.493 e. The summed E-state index contributed by atoms with van der Waals surface area (Å²) in [5.74, 6) is 1.71. The number of methoxy groups -OCH3 is 2. The van der Waals surface area contributed by atoms with Gasteiger partial charge in [0, 0.05) is 13.1 Å². The third-order valence-corrected chi connectivity index (χ3v) is 6.78. The van der Waals surface area contributed by atoms with Crippen LogP contribution in [-0.2, 0) is 13.0 Å². The minimum absolute atomic E-state index is 0.852. The molecule has 0 unspecified atom stereocenters. The highest BCUT2D eigenvalue weighted by molar-refractivity contribution is 5.48. The molecule has 0 atom stereocenters. The number of rotatable bonds is 18. The van der Waals surface area contributed by atoms with Crippen molar-refractivity contribution in [2.45, 2.75) is 110 Å². The molecule has 0 fully saturated rings. The zero-order valence-corrected chi connectivity index (χ0v) is 21.3. The molecule has 182 valence electrons. The van der Waals surface area contributed by atoms with Crippen molar-refractivity contribution < 1.29 is 9.47 Å². The summed E-state index contributed by atoms with van der Waals surface area (Å²) in [4.78, 5) is 2.60. The molecule has 0 spiro atoms. The summed E-state index contributed by atoms with van der Waals surface area (Å²) < 4.78 is 10.9. The van der Waals surface area contributed by atoms with Gasteiger partial charge < -0.3 is 9.47 Å². The lowest BCUT2D eigenvalue weighted by atomic mass is 9.98. The van der Waals surface area contributed by atoms with Crippen LogP contribution in [0.4, 0.5) is 0 Å². The summed E-state index contributed by atoms with van der Waals surface area (Å²) in [5.41, 5.74) is 2.82. The number of allylic oxidation sites excluding steroid dienone is 2. The van der Waals surface area contributed by atoms with Gasteiger partial charge in [0.15, 0.2) is 11.5 Å². The first kappa shape index (κ1) is 26.8. The molecule has 1 heterocycles. The van der Waals surface area contributed by atoms with E-state index >= 15 is 0 Å². The highest BCUT2D eigenvalue weighted by Gasteiger charge is 2.19. The fourth-order valence-corrected chi connectivity index (χ4v) is 4.72. The molecule has 3 heteroatoms. The monoisotopic (exact) mass is 443 g/mol. The Labute approximate surface area is 198 Å². The molecule has 0 amide bonds. The van der Waals surface area contributed by atoms with Crippen molar-refractivity contribution in [1.82, 2.24) is 4.90 Å². The Balaban J connectivity index is 1.45. The number of nitrogens with zero attached hydrogens (tertiary/aromatic N) is 1. The minimum atomic E-state index is 0.852. The predicted octanol–water partition coefficient (Wildman–Crippen LogP) is 8.10. The van der Waals surface area contributed by atoms with Crippen molar-refractivity contribution >= 4 is 0 Å². The maximum Gasteiger partial charge on any atom is 0.161 e. The van der Waals surface area contributed by atoms with Gasteiger partial charge in [-0.05, 0) is 68.3 Å². The second-order valence-electron chi connectivity index (χ2n) is 9.44.